The monoisotopic (exact) mass is 426 g/mol. The van der Waals surface area contributed by atoms with Crippen molar-refractivity contribution in [3.63, 3.8) is 0 Å². The second-order valence-electron chi connectivity index (χ2n) is 6.00. The van der Waals surface area contributed by atoms with Crippen LogP contribution >= 0.6 is 22.7 Å². The van der Waals surface area contributed by atoms with E-state index in [0.717, 1.165) is 9.58 Å². The lowest BCUT2D eigenvalue weighted by Gasteiger charge is -2.16. The van der Waals surface area contributed by atoms with E-state index in [0.29, 0.717) is 27.9 Å². The summed E-state index contributed by atoms with van der Waals surface area (Å²) in [4.78, 5) is 20.3. The fourth-order valence-corrected chi connectivity index (χ4v) is 4.51. The number of methoxy groups -OCH3 is 2. The van der Waals surface area contributed by atoms with Gasteiger partial charge in [0.25, 0.3) is 5.91 Å². The van der Waals surface area contributed by atoms with Crippen LogP contribution in [0.25, 0.3) is 16.3 Å². The average Bonchev–Trinajstić information content (AvgIpc) is 3.50. The SMILES string of the molecule is COc1ccc(OC)c2sc(N(Cc3ccco3)C(=O)/C=C/c3cccs3)nc12. The Kier molecular flexibility index (Phi) is 5.64. The number of ether oxygens (including phenoxy) is 2. The van der Waals surface area contributed by atoms with Gasteiger partial charge in [-0.05, 0) is 41.8 Å². The van der Waals surface area contributed by atoms with Gasteiger partial charge in [0.05, 0.1) is 27.0 Å². The molecule has 0 atom stereocenters. The molecule has 0 aliphatic heterocycles. The molecule has 0 saturated carbocycles. The van der Waals surface area contributed by atoms with Gasteiger partial charge in [0.15, 0.2) is 5.13 Å². The van der Waals surface area contributed by atoms with Crippen LogP contribution in [-0.4, -0.2) is 25.1 Å². The van der Waals surface area contributed by atoms with Crippen molar-refractivity contribution < 1.29 is 18.7 Å². The number of benzene rings is 1. The average molecular weight is 427 g/mol. The molecular weight excluding hydrogens is 408 g/mol. The highest BCUT2D eigenvalue weighted by Gasteiger charge is 2.22. The minimum atomic E-state index is -0.188. The number of fused-ring (bicyclic) bond motifs is 1. The smallest absolute Gasteiger partial charge is 0.253 e. The summed E-state index contributed by atoms with van der Waals surface area (Å²) >= 11 is 2.94. The van der Waals surface area contributed by atoms with E-state index in [1.165, 1.54) is 11.3 Å². The van der Waals surface area contributed by atoms with Crippen molar-refractivity contribution >= 4 is 50.0 Å². The van der Waals surface area contributed by atoms with Crippen molar-refractivity contribution in [2.24, 2.45) is 0 Å². The first-order valence-corrected chi connectivity index (χ1v) is 10.5. The van der Waals surface area contributed by atoms with Crippen molar-refractivity contribution in [1.82, 2.24) is 4.98 Å². The van der Waals surface area contributed by atoms with Gasteiger partial charge < -0.3 is 13.9 Å². The summed E-state index contributed by atoms with van der Waals surface area (Å²) in [6, 6.07) is 11.2. The lowest BCUT2D eigenvalue weighted by Crippen LogP contribution is -2.28. The van der Waals surface area contributed by atoms with E-state index in [9.17, 15) is 4.79 Å². The summed E-state index contributed by atoms with van der Waals surface area (Å²) in [7, 11) is 3.20. The standard InChI is InChI=1S/C21H18N2O4S2/c1-25-16-8-9-17(26-2)20-19(16)22-21(29-20)23(13-14-5-3-11-27-14)18(24)10-7-15-6-4-12-28-15/h3-12H,13H2,1-2H3/b10-7+. The second kappa shape index (κ2) is 8.50. The number of furan rings is 1. The van der Waals surface area contributed by atoms with Gasteiger partial charge in [-0.3, -0.25) is 9.69 Å². The van der Waals surface area contributed by atoms with Crippen LogP contribution in [0.1, 0.15) is 10.6 Å². The van der Waals surface area contributed by atoms with Crippen molar-refractivity contribution in [1.29, 1.82) is 0 Å². The Labute approximate surface area is 175 Å². The van der Waals surface area contributed by atoms with Crippen LogP contribution in [0.15, 0.2) is 58.5 Å². The molecule has 0 N–H and O–H groups in total. The fraction of sp³-hybridized carbons (Fsp3) is 0.143. The minimum Gasteiger partial charge on any atom is -0.495 e. The van der Waals surface area contributed by atoms with Crippen LogP contribution in [0.2, 0.25) is 0 Å². The topological polar surface area (TPSA) is 64.8 Å². The molecule has 0 saturated heterocycles. The van der Waals surface area contributed by atoms with E-state index in [1.54, 1.807) is 61.0 Å². The zero-order chi connectivity index (χ0) is 20.2. The minimum absolute atomic E-state index is 0.188. The molecule has 3 heterocycles. The molecule has 0 aliphatic carbocycles. The van der Waals surface area contributed by atoms with Crippen molar-refractivity contribution in [3.8, 4) is 11.5 Å². The summed E-state index contributed by atoms with van der Waals surface area (Å²) in [6.45, 7) is 0.269. The Balaban J connectivity index is 1.75. The van der Waals surface area contributed by atoms with Crippen LogP contribution in [0.3, 0.4) is 0 Å². The number of rotatable bonds is 7. The maximum Gasteiger partial charge on any atom is 0.253 e. The summed E-state index contributed by atoms with van der Waals surface area (Å²) < 4.78 is 17.2. The number of nitrogens with zero attached hydrogens (tertiary/aromatic N) is 2. The molecule has 8 heteroatoms. The number of amides is 1. The van der Waals surface area contributed by atoms with Gasteiger partial charge in [0.2, 0.25) is 0 Å². The number of anilines is 1. The predicted molar refractivity (Wildman–Crippen MR) is 116 cm³/mol. The van der Waals surface area contributed by atoms with E-state index in [1.807, 2.05) is 29.6 Å². The fourth-order valence-electron chi connectivity index (χ4n) is 2.82. The maximum atomic E-state index is 13.1. The Bertz CT molecular complexity index is 1090. The van der Waals surface area contributed by atoms with Gasteiger partial charge in [-0.15, -0.1) is 11.3 Å². The molecule has 1 aromatic carbocycles. The van der Waals surface area contributed by atoms with Gasteiger partial charge in [-0.25, -0.2) is 4.98 Å². The van der Waals surface area contributed by atoms with E-state index >= 15 is 0 Å². The Morgan fingerprint density at radius 2 is 2.00 bits per heavy atom. The number of aromatic nitrogens is 1. The van der Waals surface area contributed by atoms with Crippen LogP contribution in [0, 0.1) is 0 Å². The third-order valence-electron chi connectivity index (χ3n) is 4.22. The number of carbonyl (C=O) groups excluding carboxylic acids is 1. The van der Waals surface area contributed by atoms with Gasteiger partial charge in [0.1, 0.15) is 27.5 Å². The Morgan fingerprint density at radius 1 is 1.17 bits per heavy atom. The molecule has 29 heavy (non-hydrogen) atoms. The van der Waals surface area contributed by atoms with Gasteiger partial charge in [0, 0.05) is 11.0 Å². The molecule has 0 aliphatic rings. The summed E-state index contributed by atoms with van der Waals surface area (Å²) in [6.07, 6.45) is 4.94. The number of thiophene rings is 1. The van der Waals surface area contributed by atoms with Crippen LogP contribution in [0.4, 0.5) is 5.13 Å². The van der Waals surface area contributed by atoms with Crippen LogP contribution in [0.5, 0.6) is 11.5 Å². The molecule has 0 unspecified atom stereocenters. The van der Waals surface area contributed by atoms with Gasteiger partial charge in [-0.1, -0.05) is 17.4 Å². The first-order valence-electron chi connectivity index (χ1n) is 8.76. The van der Waals surface area contributed by atoms with Crippen LogP contribution < -0.4 is 14.4 Å². The number of hydrogen-bond donors (Lipinski definition) is 0. The van der Waals surface area contributed by atoms with Gasteiger partial charge >= 0.3 is 0 Å². The maximum absolute atomic E-state index is 13.1. The van der Waals surface area contributed by atoms with E-state index in [2.05, 4.69) is 4.98 Å². The van der Waals surface area contributed by atoms with Crippen molar-refractivity contribution in [2.45, 2.75) is 6.54 Å². The van der Waals surface area contributed by atoms with Gasteiger partial charge in [-0.2, -0.15) is 0 Å². The molecular formula is C21H18N2O4S2. The van der Waals surface area contributed by atoms with Crippen LogP contribution in [-0.2, 0) is 11.3 Å². The Morgan fingerprint density at radius 3 is 2.69 bits per heavy atom. The predicted octanol–water partition coefficient (Wildman–Crippen LogP) is 5.21. The summed E-state index contributed by atoms with van der Waals surface area (Å²) in [5.74, 6) is 1.79. The molecule has 0 fully saturated rings. The molecule has 1 amide bonds. The third-order valence-corrected chi connectivity index (χ3v) is 6.15. The molecule has 0 bridgehead atoms. The molecule has 4 rings (SSSR count). The molecule has 0 radical (unpaired) electrons. The third kappa shape index (κ3) is 4.03. The highest BCUT2D eigenvalue weighted by atomic mass is 32.1. The number of carbonyl (C=O) groups is 1. The highest BCUT2D eigenvalue weighted by molar-refractivity contribution is 7.22. The molecule has 148 valence electrons. The summed E-state index contributed by atoms with van der Waals surface area (Å²) in [5, 5.41) is 2.51. The molecule has 3 aromatic heterocycles. The molecule has 6 nitrogen and oxygen atoms in total. The number of thiazole rings is 1. The normalized spacial score (nSPS) is 11.2. The zero-order valence-electron chi connectivity index (χ0n) is 15.8. The van der Waals surface area contributed by atoms with Crippen molar-refractivity contribution in [3.05, 3.63) is 64.8 Å². The lowest BCUT2D eigenvalue weighted by atomic mass is 10.3. The first-order chi connectivity index (χ1) is 14.2. The summed E-state index contributed by atoms with van der Waals surface area (Å²) in [5.41, 5.74) is 0.659. The van der Waals surface area contributed by atoms with E-state index in [4.69, 9.17) is 13.9 Å². The molecule has 4 aromatic rings. The largest absolute Gasteiger partial charge is 0.495 e. The first kappa shape index (κ1) is 19.2. The highest BCUT2D eigenvalue weighted by Crippen LogP contribution is 2.40. The van der Waals surface area contributed by atoms with E-state index in [-0.39, 0.29) is 12.5 Å². The quantitative estimate of drug-likeness (QED) is 0.379. The van der Waals surface area contributed by atoms with Crippen molar-refractivity contribution in [2.75, 3.05) is 19.1 Å². The second-order valence-corrected chi connectivity index (χ2v) is 7.95. The zero-order valence-corrected chi connectivity index (χ0v) is 17.5. The number of hydrogen-bond acceptors (Lipinski definition) is 7. The molecule has 0 spiro atoms. The Hall–Kier alpha value is -3.10. The lowest BCUT2D eigenvalue weighted by molar-refractivity contribution is -0.114. The van der Waals surface area contributed by atoms with E-state index < -0.39 is 0 Å².